The molecule has 0 bridgehead atoms. The zero-order chi connectivity index (χ0) is 15.1. The summed E-state index contributed by atoms with van der Waals surface area (Å²) in [5, 5.41) is 8.68. The third kappa shape index (κ3) is 4.94. The van der Waals surface area contributed by atoms with Crippen LogP contribution >= 0.6 is 0 Å². The van der Waals surface area contributed by atoms with Gasteiger partial charge < -0.3 is 9.84 Å². The van der Waals surface area contributed by atoms with Gasteiger partial charge in [-0.2, -0.15) is 0 Å². The second kappa shape index (κ2) is 7.47. The lowest BCUT2D eigenvalue weighted by Crippen LogP contribution is -1.96. The summed E-state index contributed by atoms with van der Waals surface area (Å²) in [6.07, 6.45) is 0.371. The Bertz CT molecular complexity index is 668. The fourth-order valence-corrected chi connectivity index (χ4v) is 1.91. The van der Waals surface area contributed by atoms with E-state index in [2.05, 4.69) is 11.8 Å². The maximum atomic E-state index is 13.5. The van der Waals surface area contributed by atoms with Crippen molar-refractivity contribution in [1.82, 2.24) is 0 Å². The number of benzene rings is 2. The van der Waals surface area contributed by atoms with E-state index in [1.165, 1.54) is 12.1 Å². The zero-order valence-corrected chi connectivity index (χ0v) is 11.9. The fraction of sp³-hybridized carbons (Fsp3) is 0.222. The van der Waals surface area contributed by atoms with E-state index in [1.54, 1.807) is 6.07 Å². The van der Waals surface area contributed by atoms with E-state index in [4.69, 9.17) is 9.84 Å². The van der Waals surface area contributed by atoms with Gasteiger partial charge in [0.2, 0.25) is 0 Å². The number of aliphatic hydroxyl groups excluding tert-OH is 1. The van der Waals surface area contributed by atoms with Crippen LogP contribution in [0.25, 0.3) is 0 Å². The van der Waals surface area contributed by atoms with E-state index < -0.39 is 0 Å². The van der Waals surface area contributed by atoms with Gasteiger partial charge >= 0.3 is 0 Å². The van der Waals surface area contributed by atoms with Gasteiger partial charge in [0, 0.05) is 18.1 Å². The van der Waals surface area contributed by atoms with Gasteiger partial charge in [-0.25, -0.2) is 4.39 Å². The lowest BCUT2D eigenvalue weighted by atomic mass is 10.1. The minimum Gasteiger partial charge on any atom is -0.489 e. The molecule has 0 heterocycles. The average Bonchev–Trinajstić information content (AvgIpc) is 2.45. The second-order valence-electron chi connectivity index (χ2n) is 4.73. The summed E-state index contributed by atoms with van der Waals surface area (Å²) in [7, 11) is 0. The third-order valence-corrected chi connectivity index (χ3v) is 2.83. The number of aryl methyl sites for hydroxylation is 1. The third-order valence-electron chi connectivity index (χ3n) is 2.83. The van der Waals surface area contributed by atoms with Crippen LogP contribution in [0.3, 0.4) is 0 Å². The Balaban J connectivity index is 2.08. The molecule has 0 aliphatic rings. The molecule has 0 aliphatic carbocycles. The molecular formula is C18H17FO2. The van der Waals surface area contributed by atoms with Crippen molar-refractivity contribution < 1.29 is 14.2 Å². The highest BCUT2D eigenvalue weighted by Crippen LogP contribution is 2.17. The standard InChI is InChI=1S/C18H17FO2/c1-14-5-4-7-16(9-14)13-21-18-11-15(6-2-3-8-20)10-17(19)12-18/h4-5,7,9-12,20H,3,8,13H2,1H3. The highest BCUT2D eigenvalue weighted by molar-refractivity contribution is 5.40. The Morgan fingerprint density at radius 2 is 2.05 bits per heavy atom. The first-order valence-electron chi connectivity index (χ1n) is 6.76. The number of halogens is 1. The number of hydrogen-bond donors (Lipinski definition) is 1. The summed E-state index contributed by atoms with van der Waals surface area (Å²) in [5.41, 5.74) is 2.74. The van der Waals surface area contributed by atoms with E-state index >= 15 is 0 Å². The highest BCUT2D eigenvalue weighted by atomic mass is 19.1. The van der Waals surface area contributed by atoms with Crippen LogP contribution in [0, 0.1) is 24.6 Å². The van der Waals surface area contributed by atoms with Gasteiger partial charge in [-0.3, -0.25) is 0 Å². The van der Waals surface area contributed by atoms with Gasteiger partial charge in [0.15, 0.2) is 0 Å². The minimum atomic E-state index is -0.384. The van der Waals surface area contributed by atoms with Gasteiger partial charge in [0.1, 0.15) is 18.2 Å². The molecule has 1 N–H and O–H groups in total. The number of aliphatic hydroxyl groups is 1. The van der Waals surface area contributed by atoms with Gasteiger partial charge in [0.05, 0.1) is 6.61 Å². The number of hydrogen-bond acceptors (Lipinski definition) is 2. The smallest absolute Gasteiger partial charge is 0.128 e. The molecule has 0 spiro atoms. The molecule has 0 saturated carbocycles. The van der Waals surface area contributed by atoms with Crippen LogP contribution in [0.4, 0.5) is 4.39 Å². The van der Waals surface area contributed by atoms with Crippen LogP contribution in [-0.4, -0.2) is 11.7 Å². The van der Waals surface area contributed by atoms with Crippen LogP contribution < -0.4 is 4.74 Å². The molecule has 3 heteroatoms. The summed E-state index contributed by atoms with van der Waals surface area (Å²) in [5.74, 6) is 5.63. The maximum absolute atomic E-state index is 13.5. The molecule has 2 aromatic carbocycles. The molecule has 0 saturated heterocycles. The molecule has 2 rings (SSSR count). The summed E-state index contributed by atoms with van der Waals surface area (Å²) in [6, 6.07) is 12.4. The normalized spacial score (nSPS) is 9.86. The SMILES string of the molecule is Cc1cccc(COc2cc(F)cc(C#CCCO)c2)c1. The van der Waals surface area contributed by atoms with E-state index in [0.717, 1.165) is 11.1 Å². The van der Waals surface area contributed by atoms with Crippen molar-refractivity contribution in [3.8, 4) is 17.6 Å². The molecule has 0 amide bonds. The van der Waals surface area contributed by atoms with Crippen molar-refractivity contribution in [2.45, 2.75) is 20.0 Å². The quantitative estimate of drug-likeness (QED) is 0.871. The Morgan fingerprint density at radius 3 is 2.81 bits per heavy atom. The monoisotopic (exact) mass is 284 g/mol. The van der Waals surface area contributed by atoms with Gasteiger partial charge in [-0.1, -0.05) is 41.7 Å². The van der Waals surface area contributed by atoms with Crippen LogP contribution in [0.1, 0.15) is 23.1 Å². The van der Waals surface area contributed by atoms with Crippen molar-refractivity contribution in [2.24, 2.45) is 0 Å². The Labute approximate surface area is 124 Å². The van der Waals surface area contributed by atoms with Crippen molar-refractivity contribution in [1.29, 1.82) is 0 Å². The van der Waals surface area contributed by atoms with E-state index in [9.17, 15) is 4.39 Å². The fourth-order valence-electron chi connectivity index (χ4n) is 1.91. The molecule has 0 atom stereocenters. The topological polar surface area (TPSA) is 29.5 Å². The first-order valence-corrected chi connectivity index (χ1v) is 6.76. The molecule has 0 aromatic heterocycles. The van der Waals surface area contributed by atoms with Gasteiger partial charge in [-0.15, -0.1) is 0 Å². The predicted molar refractivity (Wildman–Crippen MR) is 80.5 cm³/mol. The molecule has 0 unspecified atom stereocenters. The lowest BCUT2D eigenvalue weighted by molar-refractivity contribution is 0.304. The molecule has 21 heavy (non-hydrogen) atoms. The number of ether oxygens (including phenoxy) is 1. The molecule has 0 radical (unpaired) electrons. The van der Waals surface area contributed by atoms with Crippen LogP contribution in [0.2, 0.25) is 0 Å². The lowest BCUT2D eigenvalue weighted by Gasteiger charge is -2.07. The molecule has 2 aromatic rings. The van der Waals surface area contributed by atoms with Crippen molar-refractivity contribution >= 4 is 0 Å². The van der Waals surface area contributed by atoms with Gasteiger partial charge in [-0.05, 0) is 24.6 Å². The first kappa shape index (κ1) is 15.1. The zero-order valence-electron chi connectivity index (χ0n) is 11.9. The molecule has 0 aliphatic heterocycles. The van der Waals surface area contributed by atoms with E-state index in [0.29, 0.717) is 24.3 Å². The summed E-state index contributed by atoms with van der Waals surface area (Å²) in [6.45, 7) is 2.40. The van der Waals surface area contributed by atoms with Crippen molar-refractivity contribution in [3.63, 3.8) is 0 Å². The minimum absolute atomic E-state index is 0.000961. The van der Waals surface area contributed by atoms with Gasteiger partial charge in [0.25, 0.3) is 0 Å². The summed E-state index contributed by atoms with van der Waals surface area (Å²) in [4.78, 5) is 0. The molecule has 2 nitrogen and oxygen atoms in total. The first-order chi connectivity index (χ1) is 10.2. The summed E-state index contributed by atoms with van der Waals surface area (Å²) < 4.78 is 19.1. The van der Waals surface area contributed by atoms with Crippen LogP contribution in [0.15, 0.2) is 42.5 Å². The average molecular weight is 284 g/mol. The van der Waals surface area contributed by atoms with Crippen LogP contribution in [-0.2, 0) is 6.61 Å². The second-order valence-corrected chi connectivity index (χ2v) is 4.73. The van der Waals surface area contributed by atoms with E-state index in [1.807, 2.05) is 31.2 Å². The largest absolute Gasteiger partial charge is 0.489 e. The summed E-state index contributed by atoms with van der Waals surface area (Å²) >= 11 is 0. The van der Waals surface area contributed by atoms with Crippen LogP contribution in [0.5, 0.6) is 5.75 Å². The molecule has 0 fully saturated rings. The Hall–Kier alpha value is -2.31. The van der Waals surface area contributed by atoms with Crippen molar-refractivity contribution in [3.05, 3.63) is 65.0 Å². The maximum Gasteiger partial charge on any atom is 0.128 e. The number of rotatable bonds is 4. The predicted octanol–water partition coefficient (Wildman–Crippen LogP) is 3.45. The van der Waals surface area contributed by atoms with E-state index in [-0.39, 0.29) is 12.4 Å². The Morgan fingerprint density at radius 1 is 1.19 bits per heavy atom. The Kier molecular flexibility index (Phi) is 5.36. The molecular weight excluding hydrogens is 267 g/mol. The highest BCUT2D eigenvalue weighted by Gasteiger charge is 2.01. The molecule has 108 valence electrons. The van der Waals surface area contributed by atoms with Crippen molar-refractivity contribution in [2.75, 3.05) is 6.61 Å².